The van der Waals surface area contributed by atoms with Crippen molar-refractivity contribution >= 4 is 11.8 Å². The van der Waals surface area contributed by atoms with Crippen LogP contribution in [0.2, 0.25) is 0 Å². The Bertz CT molecular complexity index is 788. The standard InChI is InChI=1S/C25H34N2O2/c1-5-12-24(28)27(18-22-16-11-10-13-19(22)3)23(25(29)26-20(4)6-2)17-21-14-8-7-9-15-21/h7-11,13-16,20,23H,5-6,12,17-18H2,1-4H3,(H,26,29)/t20-,23+/m0/s1. The van der Waals surface area contributed by atoms with Gasteiger partial charge in [0, 0.05) is 25.4 Å². The molecule has 0 aliphatic rings. The third-order valence-corrected chi connectivity index (χ3v) is 5.34. The van der Waals surface area contributed by atoms with E-state index >= 15 is 0 Å². The summed E-state index contributed by atoms with van der Waals surface area (Å²) in [5, 5.41) is 3.09. The van der Waals surface area contributed by atoms with E-state index in [0.29, 0.717) is 19.4 Å². The second-order valence-electron chi connectivity index (χ2n) is 7.72. The van der Waals surface area contributed by atoms with Gasteiger partial charge < -0.3 is 10.2 Å². The van der Waals surface area contributed by atoms with Crippen LogP contribution >= 0.6 is 0 Å². The number of aryl methyl sites for hydroxylation is 1. The van der Waals surface area contributed by atoms with Crippen LogP contribution in [0.25, 0.3) is 0 Å². The second kappa shape index (κ2) is 11.4. The Hall–Kier alpha value is -2.62. The van der Waals surface area contributed by atoms with E-state index in [1.807, 2.05) is 82.3 Å². The summed E-state index contributed by atoms with van der Waals surface area (Å²) < 4.78 is 0. The highest BCUT2D eigenvalue weighted by Crippen LogP contribution is 2.18. The number of amides is 2. The number of benzene rings is 2. The quantitative estimate of drug-likeness (QED) is 0.638. The van der Waals surface area contributed by atoms with Crippen molar-refractivity contribution in [1.82, 2.24) is 10.2 Å². The van der Waals surface area contributed by atoms with E-state index in [-0.39, 0.29) is 17.9 Å². The normalized spacial score (nSPS) is 12.8. The van der Waals surface area contributed by atoms with Crippen molar-refractivity contribution in [3.63, 3.8) is 0 Å². The van der Waals surface area contributed by atoms with E-state index in [2.05, 4.69) is 5.32 Å². The number of nitrogens with zero attached hydrogens (tertiary/aromatic N) is 1. The number of hydrogen-bond acceptors (Lipinski definition) is 2. The highest BCUT2D eigenvalue weighted by atomic mass is 16.2. The second-order valence-corrected chi connectivity index (χ2v) is 7.72. The molecule has 4 nitrogen and oxygen atoms in total. The molecule has 29 heavy (non-hydrogen) atoms. The van der Waals surface area contributed by atoms with Gasteiger partial charge in [0.05, 0.1) is 0 Å². The van der Waals surface area contributed by atoms with Crippen molar-refractivity contribution in [2.24, 2.45) is 0 Å². The predicted octanol–water partition coefficient (Wildman–Crippen LogP) is 4.65. The van der Waals surface area contributed by atoms with Gasteiger partial charge in [-0.1, -0.05) is 68.4 Å². The average molecular weight is 395 g/mol. The maximum atomic E-state index is 13.2. The zero-order valence-corrected chi connectivity index (χ0v) is 18.2. The lowest BCUT2D eigenvalue weighted by Gasteiger charge is -2.32. The molecule has 1 N–H and O–H groups in total. The van der Waals surface area contributed by atoms with Gasteiger partial charge in [0.25, 0.3) is 0 Å². The summed E-state index contributed by atoms with van der Waals surface area (Å²) in [6.45, 7) is 8.52. The van der Waals surface area contributed by atoms with E-state index in [0.717, 1.165) is 29.5 Å². The molecule has 4 heteroatoms. The summed E-state index contributed by atoms with van der Waals surface area (Å²) in [6.07, 6.45) is 2.55. The van der Waals surface area contributed by atoms with Crippen LogP contribution in [-0.4, -0.2) is 28.8 Å². The average Bonchev–Trinajstić information content (AvgIpc) is 2.72. The molecule has 2 aromatic carbocycles. The van der Waals surface area contributed by atoms with E-state index < -0.39 is 6.04 Å². The van der Waals surface area contributed by atoms with Gasteiger partial charge in [-0.3, -0.25) is 9.59 Å². The van der Waals surface area contributed by atoms with Crippen LogP contribution in [0.5, 0.6) is 0 Å². The first-order valence-electron chi connectivity index (χ1n) is 10.6. The number of carbonyl (C=O) groups is 2. The largest absolute Gasteiger partial charge is 0.352 e. The zero-order chi connectivity index (χ0) is 21.2. The number of nitrogens with one attached hydrogen (secondary N) is 1. The van der Waals surface area contributed by atoms with Gasteiger partial charge in [-0.2, -0.15) is 0 Å². The van der Waals surface area contributed by atoms with Gasteiger partial charge in [-0.25, -0.2) is 0 Å². The third kappa shape index (κ3) is 6.74. The van der Waals surface area contributed by atoms with Crippen LogP contribution in [0, 0.1) is 6.92 Å². The maximum Gasteiger partial charge on any atom is 0.243 e. The molecule has 2 atom stereocenters. The van der Waals surface area contributed by atoms with Crippen molar-refractivity contribution in [3.05, 3.63) is 71.3 Å². The van der Waals surface area contributed by atoms with Crippen LogP contribution in [0.3, 0.4) is 0 Å². The van der Waals surface area contributed by atoms with Gasteiger partial charge in [-0.15, -0.1) is 0 Å². The molecule has 156 valence electrons. The summed E-state index contributed by atoms with van der Waals surface area (Å²) in [6, 6.07) is 17.5. The molecule has 0 aromatic heterocycles. The van der Waals surface area contributed by atoms with E-state index in [1.54, 1.807) is 4.90 Å². The molecule has 0 radical (unpaired) electrons. The van der Waals surface area contributed by atoms with Crippen molar-refractivity contribution in [2.45, 2.75) is 72.0 Å². The molecular weight excluding hydrogens is 360 g/mol. The number of rotatable bonds is 10. The Morgan fingerprint density at radius 3 is 2.28 bits per heavy atom. The van der Waals surface area contributed by atoms with Gasteiger partial charge >= 0.3 is 0 Å². The minimum Gasteiger partial charge on any atom is -0.352 e. The van der Waals surface area contributed by atoms with E-state index in [9.17, 15) is 9.59 Å². The fraction of sp³-hybridized carbons (Fsp3) is 0.440. The fourth-order valence-corrected chi connectivity index (χ4v) is 3.32. The molecule has 0 aliphatic carbocycles. The van der Waals surface area contributed by atoms with Crippen LogP contribution in [0.4, 0.5) is 0 Å². The minimum atomic E-state index is -0.537. The zero-order valence-electron chi connectivity index (χ0n) is 18.2. The minimum absolute atomic E-state index is 0.0241. The summed E-state index contributed by atoms with van der Waals surface area (Å²) >= 11 is 0. The molecule has 0 spiro atoms. The van der Waals surface area contributed by atoms with Crippen molar-refractivity contribution in [1.29, 1.82) is 0 Å². The predicted molar refractivity (Wildman–Crippen MR) is 118 cm³/mol. The fourth-order valence-electron chi connectivity index (χ4n) is 3.32. The maximum absolute atomic E-state index is 13.2. The Morgan fingerprint density at radius 1 is 1.00 bits per heavy atom. The molecule has 0 saturated carbocycles. The molecule has 0 saturated heterocycles. The summed E-state index contributed by atoms with van der Waals surface area (Å²) in [5.74, 6) is -0.0581. The molecule has 2 aromatic rings. The lowest BCUT2D eigenvalue weighted by molar-refractivity contribution is -0.141. The van der Waals surface area contributed by atoms with Gasteiger partial charge in [0.2, 0.25) is 11.8 Å². The first-order chi connectivity index (χ1) is 14.0. The van der Waals surface area contributed by atoms with Crippen LogP contribution in [0.1, 0.15) is 56.7 Å². The summed E-state index contributed by atoms with van der Waals surface area (Å²) in [5.41, 5.74) is 3.25. The lowest BCUT2D eigenvalue weighted by Crippen LogP contribution is -2.52. The SMILES string of the molecule is CCCC(=O)N(Cc1ccccc1C)[C@H](Cc1ccccc1)C(=O)N[C@@H](C)CC. The third-order valence-electron chi connectivity index (χ3n) is 5.34. The van der Waals surface area contributed by atoms with Crippen molar-refractivity contribution in [3.8, 4) is 0 Å². The molecule has 2 rings (SSSR count). The van der Waals surface area contributed by atoms with Crippen molar-refractivity contribution in [2.75, 3.05) is 0 Å². The highest BCUT2D eigenvalue weighted by molar-refractivity contribution is 5.88. The van der Waals surface area contributed by atoms with Crippen molar-refractivity contribution < 1.29 is 9.59 Å². The van der Waals surface area contributed by atoms with E-state index in [4.69, 9.17) is 0 Å². The molecule has 0 fully saturated rings. The Kier molecular flexibility index (Phi) is 8.91. The molecule has 0 aliphatic heterocycles. The van der Waals surface area contributed by atoms with Gasteiger partial charge in [0.15, 0.2) is 0 Å². The van der Waals surface area contributed by atoms with Gasteiger partial charge in [-0.05, 0) is 43.4 Å². The van der Waals surface area contributed by atoms with Crippen LogP contribution in [-0.2, 0) is 22.6 Å². The van der Waals surface area contributed by atoms with E-state index in [1.165, 1.54) is 0 Å². The van der Waals surface area contributed by atoms with Crippen LogP contribution in [0.15, 0.2) is 54.6 Å². The molecular formula is C25H34N2O2. The van der Waals surface area contributed by atoms with Gasteiger partial charge in [0.1, 0.15) is 6.04 Å². The monoisotopic (exact) mass is 394 g/mol. The Labute approximate surface area is 175 Å². The molecule has 2 amide bonds. The summed E-state index contributed by atoms with van der Waals surface area (Å²) in [4.78, 5) is 28.1. The smallest absolute Gasteiger partial charge is 0.243 e. The molecule has 0 heterocycles. The first kappa shape index (κ1) is 22.7. The van der Waals surface area contributed by atoms with Crippen LogP contribution < -0.4 is 5.32 Å². The topological polar surface area (TPSA) is 49.4 Å². The first-order valence-corrected chi connectivity index (χ1v) is 10.6. The number of hydrogen-bond donors (Lipinski definition) is 1. The Morgan fingerprint density at radius 2 is 1.66 bits per heavy atom. The lowest BCUT2D eigenvalue weighted by atomic mass is 10.0. The highest BCUT2D eigenvalue weighted by Gasteiger charge is 2.30. The number of carbonyl (C=O) groups excluding carboxylic acids is 2. The molecule has 0 unspecified atom stereocenters. The Balaban J connectivity index is 2.39. The molecule has 0 bridgehead atoms. The summed E-state index contributed by atoms with van der Waals surface area (Å²) in [7, 11) is 0.